The Labute approximate surface area is 115 Å². The Morgan fingerprint density at radius 1 is 1.41 bits per heavy atom. The van der Waals surface area contributed by atoms with Crippen LogP contribution >= 0.6 is 22.6 Å². The SMILES string of the molecule is CC(=O)N(C)S(=O)(=O)c1cccc(C(C)I)c1. The van der Waals surface area contributed by atoms with E-state index in [4.69, 9.17) is 0 Å². The van der Waals surface area contributed by atoms with Crippen LogP contribution in [0.2, 0.25) is 0 Å². The second-order valence-electron chi connectivity index (χ2n) is 3.68. The molecule has 17 heavy (non-hydrogen) atoms. The minimum Gasteiger partial charge on any atom is -0.274 e. The summed E-state index contributed by atoms with van der Waals surface area (Å²) in [5.74, 6) is -0.502. The third-order valence-electron chi connectivity index (χ3n) is 2.42. The van der Waals surface area contributed by atoms with E-state index in [0.717, 1.165) is 9.87 Å². The summed E-state index contributed by atoms with van der Waals surface area (Å²) in [5.41, 5.74) is 0.920. The van der Waals surface area contributed by atoms with Gasteiger partial charge in [0.2, 0.25) is 5.91 Å². The van der Waals surface area contributed by atoms with Crippen molar-refractivity contribution in [2.24, 2.45) is 0 Å². The summed E-state index contributed by atoms with van der Waals surface area (Å²) in [6, 6.07) is 6.65. The molecule has 1 atom stereocenters. The molecule has 1 aromatic carbocycles. The molecule has 0 aliphatic carbocycles. The highest BCUT2D eigenvalue weighted by Gasteiger charge is 2.23. The lowest BCUT2D eigenvalue weighted by atomic mass is 10.2. The van der Waals surface area contributed by atoms with Gasteiger partial charge in [-0.2, -0.15) is 0 Å². The molecule has 0 bridgehead atoms. The monoisotopic (exact) mass is 367 g/mol. The van der Waals surface area contributed by atoms with Crippen molar-refractivity contribution >= 4 is 38.5 Å². The van der Waals surface area contributed by atoms with Gasteiger partial charge < -0.3 is 0 Å². The van der Waals surface area contributed by atoms with Crippen molar-refractivity contribution < 1.29 is 13.2 Å². The standard InChI is InChI=1S/C11H14INO3S/c1-8(12)10-5-4-6-11(7-10)17(15,16)13(3)9(2)14/h4-8H,1-3H3. The Balaban J connectivity index is 3.25. The highest BCUT2D eigenvalue weighted by molar-refractivity contribution is 14.1. The molecule has 1 unspecified atom stereocenters. The van der Waals surface area contributed by atoms with E-state index in [1.807, 2.05) is 13.0 Å². The molecule has 0 spiro atoms. The van der Waals surface area contributed by atoms with Gasteiger partial charge in [-0.25, -0.2) is 12.7 Å². The number of halogens is 1. The summed E-state index contributed by atoms with van der Waals surface area (Å²) in [7, 11) is -2.45. The smallest absolute Gasteiger partial charge is 0.266 e. The van der Waals surface area contributed by atoms with Crippen molar-refractivity contribution in [2.45, 2.75) is 22.7 Å². The molecule has 0 saturated heterocycles. The van der Waals surface area contributed by atoms with Gasteiger partial charge in [0.15, 0.2) is 0 Å². The minimum atomic E-state index is -3.71. The van der Waals surface area contributed by atoms with Gasteiger partial charge >= 0.3 is 0 Å². The van der Waals surface area contributed by atoms with E-state index >= 15 is 0 Å². The fourth-order valence-corrected chi connectivity index (χ4v) is 2.83. The lowest BCUT2D eigenvalue weighted by Crippen LogP contribution is -2.31. The number of carbonyl (C=O) groups is 1. The van der Waals surface area contributed by atoms with Crippen LogP contribution in [0, 0.1) is 0 Å². The van der Waals surface area contributed by atoms with Crippen molar-refractivity contribution in [1.29, 1.82) is 0 Å². The summed E-state index contributed by atoms with van der Waals surface area (Å²) in [6.45, 7) is 3.20. The summed E-state index contributed by atoms with van der Waals surface area (Å²) in [5, 5.41) is 0. The Hall–Kier alpha value is -0.630. The van der Waals surface area contributed by atoms with Crippen molar-refractivity contribution in [3.05, 3.63) is 29.8 Å². The predicted molar refractivity (Wildman–Crippen MR) is 74.5 cm³/mol. The number of hydrogen-bond acceptors (Lipinski definition) is 3. The van der Waals surface area contributed by atoms with Gasteiger partial charge in [0.05, 0.1) is 4.90 Å². The van der Waals surface area contributed by atoms with Gasteiger partial charge in [0.25, 0.3) is 10.0 Å². The first kappa shape index (κ1) is 14.4. The Morgan fingerprint density at radius 2 is 2.00 bits per heavy atom. The summed E-state index contributed by atoms with van der Waals surface area (Å²) < 4.78 is 25.1. The number of sulfonamides is 1. The van der Waals surface area contributed by atoms with Crippen LogP contribution in [-0.4, -0.2) is 25.7 Å². The number of nitrogens with zero attached hydrogens (tertiary/aromatic N) is 1. The molecular weight excluding hydrogens is 353 g/mol. The van der Waals surface area contributed by atoms with Gasteiger partial charge in [0, 0.05) is 17.9 Å². The Kier molecular flexibility index (Phi) is 4.54. The zero-order valence-electron chi connectivity index (χ0n) is 9.84. The summed E-state index contributed by atoms with van der Waals surface area (Å²) in [6.07, 6.45) is 0. The maximum Gasteiger partial charge on any atom is 0.266 e. The van der Waals surface area contributed by atoms with Crippen LogP contribution in [0.1, 0.15) is 23.3 Å². The maximum atomic E-state index is 12.1. The molecule has 0 aliphatic heterocycles. The van der Waals surface area contributed by atoms with Crippen molar-refractivity contribution in [3.63, 3.8) is 0 Å². The van der Waals surface area contributed by atoms with Crippen LogP contribution < -0.4 is 0 Å². The molecule has 94 valence electrons. The largest absolute Gasteiger partial charge is 0.274 e. The van der Waals surface area contributed by atoms with Crippen LogP contribution in [0.15, 0.2) is 29.2 Å². The molecule has 0 fully saturated rings. The van der Waals surface area contributed by atoms with E-state index in [9.17, 15) is 13.2 Å². The van der Waals surface area contributed by atoms with E-state index in [-0.39, 0.29) is 8.82 Å². The second kappa shape index (κ2) is 5.34. The van der Waals surface area contributed by atoms with Crippen LogP contribution in [0.25, 0.3) is 0 Å². The van der Waals surface area contributed by atoms with Gasteiger partial charge in [0.1, 0.15) is 0 Å². The van der Waals surface area contributed by atoms with Crippen LogP contribution in [-0.2, 0) is 14.8 Å². The van der Waals surface area contributed by atoms with E-state index in [0.29, 0.717) is 0 Å². The van der Waals surface area contributed by atoms with Gasteiger partial charge in [-0.1, -0.05) is 34.7 Å². The van der Waals surface area contributed by atoms with Crippen LogP contribution in [0.3, 0.4) is 0 Å². The maximum absolute atomic E-state index is 12.1. The van der Waals surface area contributed by atoms with Crippen molar-refractivity contribution in [3.8, 4) is 0 Å². The predicted octanol–water partition coefficient (Wildman–Crippen LogP) is 2.35. The first-order valence-corrected chi connectivity index (χ1v) is 7.69. The average Bonchev–Trinajstić information content (AvgIpc) is 2.28. The molecule has 1 aromatic rings. The minimum absolute atomic E-state index is 0.149. The molecule has 0 aliphatic rings. The molecule has 0 heterocycles. The van der Waals surface area contributed by atoms with E-state index in [2.05, 4.69) is 22.6 Å². The number of rotatable bonds is 3. The Morgan fingerprint density at radius 3 is 2.47 bits per heavy atom. The molecule has 0 radical (unpaired) electrons. The quantitative estimate of drug-likeness (QED) is 0.609. The lowest BCUT2D eigenvalue weighted by Gasteiger charge is -2.16. The molecular formula is C11H14INO3S. The Bertz CT molecular complexity index is 525. The molecule has 0 aromatic heterocycles. The first-order chi connectivity index (χ1) is 7.76. The topological polar surface area (TPSA) is 54.5 Å². The lowest BCUT2D eigenvalue weighted by molar-refractivity contribution is -0.123. The van der Waals surface area contributed by atoms with Crippen molar-refractivity contribution in [2.75, 3.05) is 7.05 Å². The molecule has 6 heteroatoms. The highest BCUT2D eigenvalue weighted by atomic mass is 127. The van der Waals surface area contributed by atoms with Crippen LogP contribution in [0.4, 0.5) is 0 Å². The molecule has 1 amide bonds. The number of amides is 1. The van der Waals surface area contributed by atoms with Gasteiger partial charge in [-0.05, 0) is 24.6 Å². The highest BCUT2D eigenvalue weighted by Crippen LogP contribution is 2.25. The van der Waals surface area contributed by atoms with E-state index < -0.39 is 15.9 Å². The molecule has 0 saturated carbocycles. The van der Waals surface area contributed by atoms with Crippen molar-refractivity contribution in [1.82, 2.24) is 4.31 Å². The molecule has 1 rings (SSSR count). The average molecular weight is 367 g/mol. The number of alkyl halides is 1. The van der Waals surface area contributed by atoms with E-state index in [1.54, 1.807) is 12.1 Å². The number of carbonyl (C=O) groups excluding carboxylic acids is 1. The van der Waals surface area contributed by atoms with Gasteiger partial charge in [-0.3, -0.25) is 4.79 Å². The second-order valence-corrected chi connectivity index (χ2v) is 7.52. The van der Waals surface area contributed by atoms with Crippen LogP contribution in [0.5, 0.6) is 0 Å². The molecule has 4 nitrogen and oxygen atoms in total. The first-order valence-electron chi connectivity index (χ1n) is 5.00. The fraction of sp³-hybridized carbons (Fsp3) is 0.364. The number of benzene rings is 1. The molecule has 0 N–H and O–H groups in total. The van der Waals surface area contributed by atoms with Gasteiger partial charge in [-0.15, -0.1) is 0 Å². The number of hydrogen-bond donors (Lipinski definition) is 0. The third kappa shape index (κ3) is 3.19. The summed E-state index contributed by atoms with van der Waals surface area (Å²) >= 11 is 2.21. The third-order valence-corrected chi connectivity index (χ3v) is 4.97. The fourth-order valence-electron chi connectivity index (χ4n) is 1.25. The zero-order chi connectivity index (χ0) is 13.2. The zero-order valence-corrected chi connectivity index (χ0v) is 12.8. The normalized spacial score (nSPS) is 13.2. The summed E-state index contributed by atoms with van der Waals surface area (Å²) in [4.78, 5) is 11.3. The van der Waals surface area contributed by atoms with E-state index in [1.165, 1.54) is 20.0 Å².